The Bertz CT molecular complexity index is 710. The third-order valence-electron chi connectivity index (χ3n) is 3.73. The van der Waals surface area contributed by atoms with E-state index in [0.29, 0.717) is 17.0 Å². The van der Waals surface area contributed by atoms with Crippen LogP contribution in [0.2, 0.25) is 5.02 Å². The summed E-state index contributed by atoms with van der Waals surface area (Å²) in [6.45, 7) is 10.3. The lowest BCUT2D eigenvalue weighted by molar-refractivity contribution is -0.135. The van der Waals surface area contributed by atoms with Gasteiger partial charge in [-0.05, 0) is 37.0 Å². The number of halogens is 1. The van der Waals surface area contributed by atoms with E-state index < -0.39 is 10.1 Å². The molecule has 0 spiro atoms. The summed E-state index contributed by atoms with van der Waals surface area (Å²) >= 11 is 6.06. The fourth-order valence-electron chi connectivity index (χ4n) is 2.36. The molecule has 0 aliphatic rings. The van der Waals surface area contributed by atoms with Gasteiger partial charge in [-0.3, -0.25) is 4.79 Å². The Balaban J connectivity index is 3.19. The second-order valence-electron chi connectivity index (χ2n) is 7.56. The molecule has 0 N–H and O–H groups in total. The van der Waals surface area contributed by atoms with Crippen molar-refractivity contribution in [3.63, 3.8) is 0 Å². The standard InChI is InChI=1S/C18H28ClNO4S/c1-7-13(2)20(17(21)11-18(3,4)5)12-14-10-15(19)8-9-16(14)24-25(6,22)23/h8-10,13H,7,11-12H2,1-6H3. The normalized spacial score (nSPS) is 13.4. The van der Waals surface area contributed by atoms with Crippen LogP contribution in [0, 0.1) is 5.41 Å². The Hall–Kier alpha value is -1.27. The van der Waals surface area contributed by atoms with Crippen molar-refractivity contribution in [1.29, 1.82) is 0 Å². The van der Waals surface area contributed by atoms with Crippen LogP contribution in [0.1, 0.15) is 53.0 Å². The lowest BCUT2D eigenvalue weighted by atomic mass is 9.91. The first-order chi connectivity index (χ1) is 11.3. The minimum absolute atomic E-state index is 0.0138. The molecule has 0 saturated heterocycles. The van der Waals surface area contributed by atoms with E-state index in [4.69, 9.17) is 15.8 Å². The van der Waals surface area contributed by atoms with Gasteiger partial charge in [-0.2, -0.15) is 8.42 Å². The maximum absolute atomic E-state index is 12.8. The molecular weight excluding hydrogens is 362 g/mol. The Morgan fingerprint density at radius 3 is 2.40 bits per heavy atom. The van der Waals surface area contributed by atoms with Crippen LogP contribution < -0.4 is 4.18 Å². The zero-order valence-corrected chi connectivity index (χ0v) is 17.4. The minimum atomic E-state index is -3.67. The van der Waals surface area contributed by atoms with Crippen molar-refractivity contribution in [2.75, 3.05) is 6.26 Å². The van der Waals surface area contributed by atoms with Crippen molar-refractivity contribution in [1.82, 2.24) is 4.90 Å². The molecule has 1 aromatic carbocycles. The first-order valence-corrected chi connectivity index (χ1v) is 10.5. The van der Waals surface area contributed by atoms with Crippen LogP contribution in [0.5, 0.6) is 5.75 Å². The largest absolute Gasteiger partial charge is 0.382 e. The Morgan fingerprint density at radius 1 is 1.32 bits per heavy atom. The molecular formula is C18H28ClNO4S. The lowest BCUT2D eigenvalue weighted by Crippen LogP contribution is -2.39. The van der Waals surface area contributed by atoms with E-state index >= 15 is 0 Å². The molecule has 0 aliphatic carbocycles. The SMILES string of the molecule is CCC(C)N(Cc1cc(Cl)ccc1OS(C)(=O)=O)C(=O)CC(C)(C)C. The van der Waals surface area contributed by atoms with Crippen molar-refractivity contribution in [2.24, 2.45) is 5.41 Å². The van der Waals surface area contributed by atoms with Crippen LogP contribution >= 0.6 is 11.6 Å². The monoisotopic (exact) mass is 389 g/mol. The smallest absolute Gasteiger partial charge is 0.306 e. The third kappa shape index (κ3) is 7.65. The maximum Gasteiger partial charge on any atom is 0.306 e. The summed E-state index contributed by atoms with van der Waals surface area (Å²) in [4.78, 5) is 14.5. The predicted octanol–water partition coefficient (Wildman–Crippen LogP) is 4.24. The molecule has 7 heteroatoms. The highest BCUT2D eigenvalue weighted by Crippen LogP contribution is 2.28. The Labute approximate surface area is 156 Å². The number of carbonyl (C=O) groups is 1. The number of nitrogens with zero attached hydrogens (tertiary/aromatic N) is 1. The predicted molar refractivity (Wildman–Crippen MR) is 101 cm³/mol. The first-order valence-electron chi connectivity index (χ1n) is 8.29. The van der Waals surface area contributed by atoms with Gasteiger partial charge in [0.25, 0.3) is 0 Å². The van der Waals surface area contributed by atoms with Gasteiger partial charge in [0, 0.05) is 29.6 Å². The molecule has 0 radical (unpaired) electrons. The van der Waals surface area contributed by atoms with E-state index in [1.54, 1.807) is 17.0 Å². The molecule has 1 atom stereocenters. The van der Waals surface area contributed by atoms with Gasteiger partial charge in [-0.1, -0.05) is 39.3 Å². The van der Waals surface area contributed by atoms with Gasteiger partial charge in [0.1, 0.15) is 5.75 Å². The quantitative estimate of drug-likeness (QED) is 0.654. The molecule has 0 aliphatic heterocycles. The third-order valence-corrected chi connectivity index (χ3v) is 4.45. The van der Waals surface area contributed by atoms with E-state index in [0.717, 1.165) is 12.7 Å². The molecule has 142 valence electrons. The molecule has 0 aromatic heterocycles. The van der Waals surface area contributed by atoms with Crippen LogP contribution in [0.4, 0.5) is 0 Å². The molecule has 1 rings (SSSR count). The fourth-order valence-corrected chi connectivity index (χ4v) is 3.05. The van der Waals surface area contributed by atoms with Gasteiger partial charge in [0.2, 0.25) is 5.91 Å². The zero-order valence-electron chi connectivity index (χ0n) is 15.8. The topological polar surface area (TPSA) is 63.7 Å². The van der Waals surface area contributed by atoms with E-state index in [1.165, 1.54) is 6.07 Å². The first kappa shape index (κ1) is 21.8. The summed E-state index contributed by atoms with van der Waals surface area (Å²) in [5.74, 6) is 0.218. The Kier molecular flexibility index (Phi) is 7.32. The molecule has 0 heterocycles. The van der Waals surface area contributed by atoms with Gasteiger partial charge in [0.05, 0.1) is 6.26 Å². The van der Waals surface area contributed by atoms with E-state index in [2.05, 4.69) is 0 Å². The molecule has 1 unspecified atom stereocenters. The highest BCUT2D eigenvalue weighted by molar-refractivity contribution is 7.86. The average molecular weight is 390 g/mol. The highest BCUT2D eigenvalue weighted by Gasteiger charge is 2.25. The minimum Gasteiger partial charge on any atom is -0.382 e. The molecule has 0 fully saturated rings. The molecule has 25 heavy (non-hydrogen) atoms. The highest BCUT2D eigenvalue weighted by atomic mass is 35.5. The van der Waals surface area contributed by atoms with Gasteiger partial charge < -0.3 is 9.08 Å². The summed E-state index contributed by atoms with van der Waals surface area (Å²) in [6.07, 6.45) is 2.18. The van der Waals surface area contributed by atoms with Gasteiger partial charge in [-0.15, -0.1) is 0 Å². The van der Waals surface area contributed by atoms with Gasteiger partial charge in [-0.25, -0.2) is 0 Å². The van der Waals surface area contributed by atoms with E-state index in [1.807, 2.05) is 34.6 Å². The van der Waals surface area contributed by atoms with Crippen LogP contribution in [0.15, 0.2) is 18.2 Å². The van der Waals surface area contributed by atoms with E-state index in [9.17, 15) is 13.2 Å². The van der Waals surface area contributed by atoms with Crippen molar-refractivity contribution >= 4 is 27.6 Å². The second kappa shape index (κ2) is 8.41. The Morgan fingerprint density at radius 2 is 1.92 bits per heavy atom. The van der Waals surface area contributed by atoms with E-state index in [-0.39, 0.29) is 29.7 Å². The van der Waals surface area contributed by atoms with Crippen molar-refractivity contribution in [3.05, 3.63) is 28.8 Å². The average Bonchev–Trinajstić information content (AvgIpc) is 2.43. The maximum atomic E-state index is 12.8. The van der Waals surface area contributed by atoms with Crippen molar-refractivity contribution < 1.29 is 17.4 Å². The summed E-state index contributed by atoms with van der Waals surface area (Å²) in [5.41, 5.74) is 0.434. The molecule has 1 amide bonds. The number of rotatable bonds is 7. The fraction of sp³-hybridized carbons (Fsp3) is 0.611. The van der Waals surface area contributed by atoms with Crippen LogP contribution in [-0.4, -0.2) is 31.5 Å². The van der Waals surface area contributed by atoms with Crippen LogP contribution in [0.3, 0.4) is 0 Å². The van der Waals surface area contributed by atoms with Crippen LogP contribution in [-0.2, 0) is 21.5 Å². The molecule has 1 aromatic rings. The lowest BCUT2D eigenvalue weighted by Gasteiger charge is -2.32. The summed E-state index contributed by atoms with van der Waals surface area (Å²) in [7, 11) is -3.67. The number of carbonyl (C=O) groups excluding carboxylic acids is 1. The summed E-state index contributed by atoms with van der Waals surface area (Å²) < 4.78 is 28.1. The number of amides is 1. The number of benzene rings is 1. The molecule has 0 bridgehead atoms. The van der Waals surface area contributed by atoms with Crippen LogP contribution in [0.25, 0.3) is 0 Å². The summed E-state index contributed by atoms with van der Waals surface area (Å²) in [5, 5.41) is 0.461. The zero-order chi connectivity index (χ0) is 19.4. The molecule has 5 nitrogen and oxygen atoms in total. The van der Waals surface area contributed by atoms with Gasteiger partial charge in [0.15, 0.2) is 0 Å². The second-order valence-corrected chi connectivity index (χ2v) is 9.57. The number of hydrogen-bond donors (Lipinski definition) is 0. The number of hydrogen-bond acceptors (Lipinski definition) is 4. The summed E-state index contributed by atoms with van der Waals surface area (Å²) in [6, 6.07) is 4.74. The van der Waals surface area contributed by atoms with Crippen molar-refractivity contribution in [2.45, 2.75) is 60.0 Å². The molecule has 0 saturated carbocycles. The van der Waals surface area contributed by atoms with Crippen molar-refractivity contribution in [3.8, 4) is 5.75 Å². The van der Waals surface area contributed by atoms with Gasteiger partial charge >= 0.3 is 10.1 Å².